The van der Waals surface area contributed by atoms with Gasteiger partial charge in [0.2, 0.25) is 5.91 Å². The third kappa shape index (κ3) is 5.62. The molecule has 0 unspecified atom stereocenters. The number of carbonyl (C=O) groups is 2. The molecule has 0 atom stereocenters. The van der Waals surface area contributed by atoms with Crippen molar-refractivity contribution in [1.82, 2.24) is 9.80 Å². The van der Waals surface area contributed by atoms with Gasteiger partial charge in [0.05, 0.1) is 13.1 Å². The molecule has 0 aliphatic carbocycles. The standard InChI is InChI=1S/C18H27N3O3/c1-3-21(13-18(23)24)16-7-9-20(10-8-16)12-17(22)19-15-6-4-5-14(2)11-15/h4-6,11,16H,3,7-10,12-13H2,1-2H3,(H,19,22)(H,23,24). The largest absolute Gasteiger partial charge is 0.480 e. The van der Waals surface area contributed by atoms with Crippen LogP contribution >= 0.6 is 0 Å². The number of carbonyl (C=O) groups excluding carboxylic acids is 1. The summed E-state index contributed by atoms with van der Waals surface area (Å²) in [7, 11) is 0. The van der Waals surface area contributed by atoms with E-state index in [1.165, 1.54) is 0 Å². The smallest absolute Gasteiger partial charge is 0.317 e. The fourth-order valence-corrected chi connectivity index (χ4v) is 3.24. The first kappa shape index (κ1) is 18.4. The number of piperidine rings is 1. The Morgan fingerprint density at radius 1 is 1.33 bits per heavy atom. The van der Waals surface area contributed by atoms with Crippen LogP contribution in [0.1, 0.15) is 25.3 Å². The number of likely N-dealkylation sites (tertiary alicyclic amines) is 1. The lowest BCUT2D eigenvalue weighted by molar-refractivity contribution is -0.139. The average molecular weight is 333 g/mol. The number of carboxylic acid groups (broad SMARTS) is 1. The Bertz CT molecular complexity index is 568. The summed E-state index contributed by atoms with van der Waals surface area (Å²) in [6.45, 7) is 6.84. The van der Waals surface area contributed by atoms with E-state index in [1.54, 1.807) is 0 Å². The number of hydrogen-bond acceptors (Lipinski definition) is 4. The summed E-state index contributed by atoms with van der Waals surface area (Å²) >= 11 is 0. The van der Waals surface area contributed by atoms with Crippen molar-refractivity contribution in [3.63, 3.8) is 0 Å². The van der Waals surface area contributed by atoms with Crippen molar-refractivity contribution in [2.24, 2.45) is 0 Å². The normalized spacial score (nSPS) is 16.3. The maximum absolute atomic E-state index is 12.2. The molecule has 2 rings (SSSR count). The van der Waals surface area contributed by atoms with Crippen LogP contribution in [0.5, 0.6) is 0 Å². The Labute approximate surface area is 143 Å². The van der Waals surface area contributed by atoms with Gasteiger partial charge in [0.15, 0.2) is 0 Å². The minimum absolute atomic E-state index is 0.00284. The van der Waals surface area contributed by atoms with E-state index in [0.717, 1.165) is 43.7 Å². The van der Waals surface area contributed by atoms with Gasteiger partial charge in [0.1, 0.15) is 0 Å². The number of rotatable bonds is 7. The SMILES string of the molecule is CCN(CC(=O)O)C1CCN(CC(=O)Nc2cccc(C)c2)CC1. The van der Waals surface area contributed by atoms with E-state index in [-0.39, 0.29) is 12.5 Å². The van der Waals surface area contributed by atoms with Gasteiger partial charge in [-0.25, -0.2) is 0 Å². The second-order valence-electron chi connectivity index (χ2n) is 6.38. The number of benzene rings is 1. The lowest BCUT2D eigenvalue weighted by atomic mass is 10.0. The van der Waals surface area contributed by atoms with E-state index >= 15 is 0 Å². The minimum Gasteiger partial charge on any atom is -0.480 e. The van der Waals surface area contributed by atoms with Crippen LogP contribution in [0.4, 0.5) is 5.69 Å². The molecule has 1 amide bonds. The zero-order chi connectivity index (χ0) is 17.5. The van der Waals surface area contributed by atoms with Gasteiger partial charge in [-0.3, -0.25) is 19.4 Å². The summed E-state index contributed by atoms with van der Waals surface area (Å²) in [6, 6.07) is 8.06. The summed E-state index contributed by atoms with van der Waals surface area (Å²) in [5.74, 6) is -0.784. The van der Waals surface area contributed by atoms with Gasteiger partial charge in [0, 0.05) is 24.8 Å². The minimum atomic E-state index is -0.781. The third-order valence-electron chi connectivity index (χ3n) is 4.49. The Kier molecular flexibility index (Phi) is 6.75. The first-order valence-corrected chi connectivity index (χ1v) is 8.52. The molecule has 1 aliphatic heterocycles. The van der Waals surface area contributed by atoms with Crippen molar-refractivity contribution in [1.29, 1.82) is 0 Å². The van der Waals surface area contributed by atoms with Crippen molar-refractivity contribution in [2.45, 2.75) is 32.7 Å². The van der Waals surface area contributed by atoms with Gasteiger partial charge < -0.3 is 10.4 Å². The number of nitrogens with one attached hydrogen (secondary N) is 1. The highest BCUT2D eigenvalue weighted by atomic mass is 16.4. The molecule has 132 valence electrons. The van der Waals surface area contributed by atoms with Crippen molar-refractivity contribution in [2.75, 3.05) is 38.0 Å². The predicted molar refractivity (Wildman–Crippen MR) is 94.2 cm³/mol. The fraction of sp³-hybridized carbons (Fsp3) is 0.556. The second kappa shape index (κ2) is 8.80. The zero-order valence-electron chi connectivity index (χ0n) is 14.5. The number of nitrogens with zero attached hydrogens (tertiary/aromatic N) is 2. The van der Waals surface area contributed by atoms with Crippen LogP contribution in [0.15, 0.2) is 24.3 Å². The molecule has 0 radical (unpaired) electrons. The molecule has 0 aromatic heterocycles. The third-order valence-corrected chi connectivity index (χ3v) is 4.49. The maximum Gasteiger partial charge on any atom is 0.317 e. The molecule has 1 fully saturated rings. The van der Waals surface area contributed by atoms with Crippen LogP contribution < -0.4 is 5.32 Å². The Balaban J connectivity index is 1.78. The first-order valence-electron chi connectivity index (χ1n) is 8.52. The van der Waals surface area contributed by atoms with E-state index in [1.807, 2.05) is 43.0 Å². The van der Waals surface area contributed by atoms with Crippen LogP contribution in [0.25, 0.3) is 0 Å². The number of hydrogen-bond donors (Lipinski definition) is 2. The highest BCUT2D eigenvalue weighted by Gasteiger charge is 2.25. The molecule has 6 nitrogen and oxygen atoms in total. The van der Waals surface area contributed by atoms with E-state index in [4.69, 9.17) is 5.11 Å². The molecular formula is C18H27N3O3. The molecule has 0 bridgehead atoms. The number of anilines is 1. The number of carboxylic acids is 1. The topological polar surface area (TPSA) is 72.9 Å². The summed E-state index contributed by atoms with van der Waals surface area (Å²) in [5.41, 5.74) is 1.94. The number of likely N-dealkylation sites (N-methyl/N-ethyl adjacent to an activating group) is 1. The van der Waals surface area contributed by atoms with Crippen LogP contribution in [0.3, 0.4) is 0 Å². The van der Waals surface area contributed by atoms with Crippen LogP contribution in [0.2, 0.25) is 0 Å². The predicted octanol–water partition coefficient (Wildman–Crippen LogP) is 1.80. The summed E-state index contributed by atoms with van der Waals surface area (Å²) in [5, 5.41) is 11.9. The highest BCUT2D eigenvalue weighted by Crippen LogP contribution is 2.16. The molecule has 6 heteroatoms. The first-order chi connectivity index (χ1) is 11.5. The van der Waals surface area contributed by atoms with Gasteiger partial charge >= 0.3 is 5.97 Å². The summed E-state index contributed by atoms with van der Waals surface area (Å²) < 4.78 is 0. The molecule has 1 aromatic rings. The lowest BCUT2D eigenvalue weighted by Gasteiger charge is -2.37. The Morgan fingerprint density at radius 3 is 2.62 bits per heavy atom. The fourth-order valence-electron chi connectivity index (χ4n) is 3.24. The van der Waals surface area contributed by atoms with Gasteiger partial charge in [-0.05, 0) is 44.0 Å². The van der Waals surface area contributed by atoms with E-state index in [9.17, 15) is 9.59 Å². The Hall–Kier alpha value is -1.92. The molecule has 24 heavy (non-hydrogen) atoms. The number of amides is 1. The molecule has 0 saturated carbocycles. The highest BCUT2D eigenvalue weighted by molar-refractivity contribution is 5.92. The van der Waals surface area contributed by atoms with Crippen LogP contribution in [0, 0.1) is 6.92 Å². The van der Waals surface area contributed by atoms with E-state index < -0.39 is 5.97 Å². The monoisotopic (exact) mass is 333 g/mol. The van der Waals surface area contributed by atoms with Crippen LogP contribution in [-0.2, 0) is 9.59 Å². The number of aryl methyl sites for hydroxylation is 1. The zero-order valence-corrected chi connectivity index (χ0v) is 14.5. The molecular weight excluding hydrogens is 306 g/mol. The van der Waals surface area contributed by atoms with E-state index in [0.29, 0.717) is 12.6 Å². The van der Waals surface area contributed by atoms with Crippen molar-refractivity contribution in [3.8, 4) is 0 Å². The maximum atomic E-state index is 12.2. The van der Waals surface area contributed by atoms with Gasteiger partial charge in [0.25, 0.3) is 0 Å². The molecule has 2 N–H and O–H groups in total. The Morgan fingerprint density at radius 2 is 2.04 bits per heavy atom. The van der Waals surface area contributed by atoms with Gasteiger partial charge in [-0.15, -0.1) is 0 Å². The quantitative estimate of drug-likeness (QED) is 0.796. The van der Waals surface area contributed by atoms with Gasteiger partial charge in [-0.2, -0.15) is 0 Å². The molecule has 1 aromatic carbocycles. The molecule has 1 aliphatic rings. The van der Waals surface area contributed by atoms with E-state index in [2.05, 4.69) is 10.2 Å². The molecule has 1 heterocycles. The second-order valence-corrected chi connectivity index (χ2v) is 6.38. The number of aliphatic carboxylic acids is 1. The van der Waals surface area contributed by atoms with Gasteiger partial charge in [-0.1, -0.05) is 19.1 Å². The van der Waals surface area contributed by atoms with Crippen molar-refractivity contribution >= 4 is 17.6 Å². The van der Waals surface area contributed by atoms with Crippen molar-refractivity contribution < 1.29 is 14.7 Å². The summed E-state index contributed by atoms with van der Waals surface area (Å²) in [4.78, 5) is 27.2. The molecule has 1 saturated heterocycles. The lowest BCUT2D eigenvalue weighted by Crippen LogP contribution is -2.48. The van der Waals surface area contributed by atoms with Crippen molar-refractivity contribution in [3.05, 3.63) is 29.8 Å². The summed E-state index contributed by atoms with van der Waals surface area (Å²) in [6.07, 6.45) is 1.80. The average Bonchev–Trinajstić information content (AvgIpc) is 2.53. The molecule has 0 spiro atoms. The van der Waals surface area contributed by atoms with Crippen LogP contribution in [-0.4, -0.2) is 65.5 Å².